The van der Waals surface area contributed by atoms with Crippen LogP contribution in [0.4, 0.5) is 17.2 Å². The van der Waals surface area contributed by atoms with Crippen LogP contribution >= 0.6 is 0 Å². The number of nitrogens with one attached hydrogen (secondary N) is 1. The van der Waals surface area contributed by atoms with Crippen molar-refractivity contribution in [1.82, 2.24) is 4.98 Å². The first-order valence-corrected chi connectivity index (χ1v) is 7.15. The average Bonchev–Trinajstić information content (AvgIpc) is 2.48. The third-order valence-corrected chi connectivity index (χ3v) is 3.54. The SMILES string of the molecule is CC(C)c1cccc(Nc2ccc3cc(N)ccc3n2)c1. The number of nitrogens with zero attached hydrogens (tertiary/aromatic N) is 1. The summed E-state index contributed by atoms with van der Waals surface area (Å²) in [5.74, 6) is 1.35. The van der Waals surface area contributed by atoms with Crippen molar-refractivity contribution in [2.75, 3.05) is 11.1 Å². The lowest BCUT2D eigenvalue weighted by atomic mass is 10.0. The highest BCUT2D eigenvalue weighted by atomic mass is 15.0. The van der Waals surface area contributed by atoms with E-state index in [1.165, 1.54) is 5.56 Å². The summed E-state index contributed by atoms with van der Waals surface area (Å²) in [7, 11) is 0. The van der Waals surface area contributed by atoms with E-state index in [0.29, 0.717) is 5.92 Å². The number of nitrogens with two attached hydrogens (primary N) is 1. The number of pyridine rings is 1. The van der Waals surface area contributed by atoms with Crippen LogP contribution < -0.4 is 11.1 Å². The molecule has 0 atom stereocenters. The summed E-state index contributed by atoms with van der Waals surface area (Å²) in [6.45, 7) is 4.38. The molecule has 0 bridgehead atoms. The second-order valence-electron chi connectivity index (χ2n) is 5.55. The van der Waals surface area contributed by atoms with Gasteiger partial charge < -0.3 is 11.1 Å². The molecule has 0 aliphatic heterocycles. The van der Waals surface area contributed by atoms with Crippen molar-refractivity contribution in [3.8, 4) is 0 Å². The molecule has 1 aromatic heterocycles. The van der Waals surface area contributed by atoms with Gasteiger partial charge in [-0.25, -0.2) is 4.98 Å². The van der Waals surface area contributed by atoms with Gasteiger partial charge in [0.2, 0.25) is 0 Å². The second-order valence-corrected chi connectivity index (χ2v) is 5.55. The van der Waals surface area contributed by atoms with E-state index in [2.05, 4.69) is 48.4 Å². The van der Waals surface area contributed by atoms with Crippen LogP contribution in [0.3, 0.4) is 0 Å². The van der Waals surface area contributed by atoms with E-state index < -0.39 is 0 Å². The Hall–Kier alpha value is -2.55. The summed E-state index contributed by atoms with van der Waals surface area (Å²) in [5, 5.41) is 4.42. The molecule has 106 valence electrons. The number of rotatable bonds is 3. The summed E-state index contributed by atoms with van der Waals surface area (Å²) in [5.41, 5.74) is 9.86. The fraction of sp³-hybridized carbons (Fsp3) is 0.167. The first kappa shape index (κ1) is 13.4. The van der Waals surface area contributed by atoms with Crippen molar-refractivity contribution in [3.05, 3.63) is 60.2 Å². The molecule has 3 N–H and O–H groups in total. The van der Waals surface area contributed by atoms with Crippen molar-refractivity contribution in [2.45, 2.75) is 19.8 Å². The van der Waals surface area contributed by atoms with Gasteiger partial charge in [0.05, 0.1) is 5.52 Å². The monoisotopic (exact) mass is 277 g/mol. The van der Waals surface area contributed by atoms with Crippen molar-refractivity contribution < 1.29 is 0 Å². The van der Waals surface area contributed by atoms with E-state index in [0.717, 1.165) is 28.1 Å². The van der Waals surface area contributed by atoms with Crippen molar-refractivity contribution in [1.29, 1.82) is 0 Å². The first-order valence-electron chi connectivity index (χ1n) is 7.15. The van der Waals surface area contributed by atoms with Gasteiger partial charge in [-0.15, -0.1) is 0 Å². The summed E-state index contributed by atoms with van der Waals surface area (Å²) < 4.78 is 0. The number of benzene rings is 2. The Balaban J connectivity index is 1.91. The standard InChI is InChI=1S/C18H19N3/c1-12(2)13-4-3-5-16(11-13)20-18-9-6-14-10-15(19)7-8-17(14)21-18/h3-12H,19H2,1-2H3,(H,20,21). The molecule has 0 fully saturated rings. The van der Waals surface area contributed by atoms with Crippen LogP contribution in [0.2, 0.25) is 0 Å². The molecule has 0 aliphatic carbocycles. The molecule has 3 aromatic rings. The van der Waals surface area contributed by atoms with Gasteiger partial charge in [0.15, 0.2) is 0 Å². The summed E-state index contributed by atoms with van der Waals surface area (Å²) in [6.07, 6.45) is 0. The van der Waals surface area contributed by atoms with Crippen LogP contribution in [0.1, 0.15) is 25.3 Å². The van der Waals surface area contributed by atoms with Crippen LogP contribution in [0.25, 0.3) is 10.9 Å². The normalized spacial score (nSPS) is 11.0. The number of aromatic nitrogens is 1. The topological polar surface area (TPSA) is 50.9 Å². The summed E-state index contributed by atoms with van der Waals surface area (Å²) >= 11 is 0. The number of hydrogen-bond donors (Lipinski definition) is 2. The zero-order valence-corrected chi connectivity index (χ0v) is 12.3. The molecule has 0 saturated carbocycles. The Kier molecular flexibility index (Phi) is 3.48. The van der Waals surface area contributed by atoms with Crippen LogP contribution in [0.5, 0.6) is 0 Å². The predicted octanol–water partition coefficient (Wildman–Crippen LogP) is 4.68. The van der Waals surface area contributed by atoms with Gasteiger partial charge in [0.25, 0.3) is 0 Å². The van der Waals surface area contributed by atoms with E-state index in [4.69, 9.17) is 5.73 Å². The van der Waals surface area contributed by atoms with E-state index in [-0.39, 0.29) is 0 Å². The fourth-order valence-corrected chi connectivity index (χ4v) is 2.34. The maximum atomic E-state index is 5.79. The Morgan fingerprint density at radius 2 is 1.86 bits per heavy atom. The van der Waals surface area contributed by atoms with E-state index >= 15 is 0 Å². The van der Waals surface area contributed by atoms with Gasteiger partial charge in [-0.3, -0.25) is 0 Å². The third kappa shape index (κ3) is 2.97. The molecule has 21 heavy (non-hydrogen) atoms. The maximum Gasteiger partial charge on any atom is 0.131 e. The molecule has 0 amide bonds. The zero-order valence-electron chi connectivity index (χ0n) is 12.3. The molecular formula is C18H19N3. The van der Waals surface area contributed by atoms with E-state index in [1.54, 1.807) is 0 Å². The van der Waals surface area contributed by atoms with Gasteiger partial charge in [-0.05, 0) is 53.9 Å². The smallest absolute Gasteiger partial charge is 0.131 e. The van der Waals surface area contributed by atoms with Crippen LogP contribution in [-0.2, 0) is 0 Å². The third-order valence-electron chi connectivity index (χ3n) is 3.54. The molecule has 1 heterocycles. The summed E-state index contributed by atoms with van der Waals surface area (Å²) in [4.78, 5) is 4.62. The van der Waals surface area contributed by atoms with Crippen molar-refractivity contribution in [3.63, 3.8) is 0 Å². The van der Waals surface area contributed by atoms with Gasteiger partial charge >= 0.3 is 0 Å². The van der Waals surface area contributed by atoms with E-state index in [1.807, 2.05) is 30.3 Å². The Morgan fingerprint density at radius 1 is 1.00 bits per heavy atom. The highest BCUT2D eigenvalue weighted by Crippen LogP contribution is 2.23. The van der Waals surface area contributed by atoms with Crippen LogP contribution in [0, 0.1) is 0 Å². The highest BCUT2D eigenvalue weighted by Gasteiger charge is 2.02. The molecule has 2 aromatic carbocycles. The van der Waals surface area contributed by atoms with Crippen LogP contribution in [0.15, 0.2) is 54.6 Å². The summed E-state index contributed by atoms with van der Waals surface area (Å²) in [6, 6.07) is 18.2. The Bertz CT molecular complexity index is 778. The van der Waals surface area contributed by atoms with E-state index in [9.17, 15) is 0 Å². The minimum absolute atomic E-state index is 0.513. The molecule has 0 aliphatic rings. The van der Waals surface area contributed by atoms with Gasteiger partial charge in [-0.2, -0.15) is 0 Å². The molecule has 0 spiro atoms. The predicted molar refractivity (Wildman–Crippen MR) is 90.0 cm³/mol. The zero-order chi connectivity index (χ0) is 14.8. The molecule has 3 rings (SSSR count). The lowest BCUT2D eigenvalue weighted by Gasteiger charge is -2.10. The molecule has 0 radical (unpaired) electrons. The molecular weight excluding hydrogens is 258 g/mol. The molecule has 0 saturated heterocycles. The number of fused-ring (bicyclic) bond motifs is 1. The lowest BCUT2D eigenvalue weighted by molar-refractivity contribution is 0.867. The second kappa shape index (κ2) is 5.44. The van der Waals surface area contributed by atoms with Crippen molar-refractivity contribution >= 4 is 28.1 Å². The number of nitrogen functional groups attached to an aromatic ring is 1. The number of anilines is 3. The van der Waals surface area contributed by atoms with Gasteiger partial charge in [0, 0.05) is 16.8 Å². The minimum atomic E-state index is 0.513. The van der Waals surface area contributed by atoms with Gasteiger partial charge in [0.1, 0.15) is 5.82 Å². The largest absolute Gasteiger partial charge is 0.399 e. The molecule has 0 unspecified atom stereocenters. The van der Waals surface area contributed by atoms with Crippen LogP contribution in [-0.4, -0.2) is 4.98 Å². The highest BCUT2D eigenvalue weighted by molar-refractivity contribution is 5.83. The molecule has 3 heteroatoms. The number of hydrogen-bond acceptors (Lipinski definition) is 3. The molecule has 3 nitrogen and oxygen atoms in total. The first-order chi connectivity index (χ1) is 10.1. The lowest BCUT2D eigenvalue weighted by Crippen LogP contribution is -1.96. The van der Waals surface area contributed by atoms with Gasteiger partial charge in [-0.1, -0.05) is 26.0 Å². The fourth-order valence-electron chi connectivity index (χ4n) is 2.34. The Morgan fingerprint density at radius 3 is 2.67 bits per heavy atom. The average molecular weight is 277 g/mol. The quantitative estimate of drug-likeness (QED) is 0.683. The minimum Gasteiger partial charge on any atom is -0.399 e. The van der Waals surface area contributed by atoms with Crippen molar-refractivity contribution in [2.24, 2.45) is 0 Å². The Labute approximate surface area is 124 Å². The maximum absolute atomic E-state index is 5.79.